The molecule has 0 N–H and O–H groups in total. The monoisotopic (exact) mass is 278 g/mol. The molecule has 0 spiro atoms. The SMILES string of the molecule is C=CC(C)(OCOC)C1CC2C=CC1(C)C(=O)C2(C)C. The molecule has 1 saturated carbocycles. The fourth-order valence-corrected chi connectivity index (χ4v) is 3.96. The summed E-state index contributed by atoms with van der Waals surface area (Å²) >= 11 is 0. The summed E-state index contributed by atoms with van der Waals surface area (Å²) in [6.45, 7) is 12.3. The fourth-order valence-electron chi connectivity index (χ4n) is 3.96. The van der Waals surface area contributed by atoms with Gasteiger partial charge in [0.05, 0.1) is 11.0 Å². The third kappa shape index (κ3) is 1.99. The van der Waals surface area contributed by atoms with Gasteiger partial charge in [0.25, 0.3) is 0 Å². The van der Waals surface area contributed by atoms with E-state index in [1.165, 1.54) is 0 Å². The molecule has 0 aromatic heterocycles. The summed E-state index contributed by atoms with van der Waals surface area (Å²) in [5.74, 6) is 0.674. The zero-order valence-corrected chi connectivity index (χ0v) is 13.2. The highest BCUT2D eigenvalue weighted by Crippen LogP contribution is 2.58. The number of hydrogen-bond acceptors (Lipinski definition) is 3. The Morgan fingerprint density at radius 3 is 2.70 bits per heavy atom. The molecule has 3 nitrogen and oxygen atoms in total. The van der Waals surface area contributed by atoms with Gasteiger partial charge < -0.3 is 9.47 Å². The maximum Gasteiger partial charge on any atom is 0.149 e. The van der Waals surface area contributed by atoms with Gasteiger partial charge in [-0.15, -0.1) is 6.58 Å². The van der Waals surface area contributed by atoms with E-state index in [0.717, 1.165) is 6.42 Å². The van der Waals surface area contributed by atoms with E-state index in [4.69, 9.17) is 9.47 Å². The Bertz CT molecular complexity index is 451. The van der Waals surface area contributed by atoms with Crippen LogP contribution in [0.3, 0.4) is 0 Å². The molecular formula is C17H26O3. The number of methoxy groups -OCH3 is 1. The predicted octanol–water partition coefficient (Wildman–Crippen LogP) is 3.36. The molecule has 2 bridgehead atoms. The molecule has 0 aliphatic heterocycles. The first-order valence-corrected chi connectivity index (χ1v) is 7.23. The van der Waals surface area contributed by atoms with Gasteiger partial charge in [0, 0.05) is 18.4 Å². The number of allylic oxidation sites excluding steroid dienone is 2. The normalized spacial score (nSPS) is 37.8. The van der Waals surface area contributed by atoms with Gasteiger partial charge in [-0.05, 0) is 26.2 Å². The Morgan fingerprint density at radius 2 is 2.15 bits per heavy atom. The van der Waals surface area contributed by atoms with Crippen LogP contribution in [0.25, 0.3) is 0 Å². The second kappa shape index (κ2) is 4.81. The van der Waals surface area contributed by atoms with Crippen LogP contribution in [0.4, 0.5) is 0 Å². The van der Waals surface area contributed by atoms with E-state index < -0.39 is 11.0 Å². The number of ether oxygens (including phenoxy) is 2. The highest BCUT2D eigenvalue weighted by atomic mass is 16.7. The van der Waals surface area contributed by atoms with E-state index in [1.54, 1.807) is 7.11 Å². The minimum Gasteiger partial charge on any atom is -0.359 e. The molecule has 0 saturated heterocycles. The molecule has 3 rings (SSSR count). The summed E-state index contributed by atoms with van der Waals surface area (Å²) in [7, 11) is 1.60. The van der Waals surface area contributed by atoms with Crippen LogP contribution in [0.5, 0.6) is 0 Å². The molecule has 0 aromatic rings. The Morgan fingerprint density at radius 1 is 1.50 bits per heavy atom. The van der Waals surface area contributed by atoms with Crippen molar-refractivity contribution in [3.8, 4) is 0 Å². The number of Topliss-reactive ketones (excluding diaryl/α,β-unsaturated/α-hetero) is 1. The van der Waals surface area contributed by atoms with Crippen LogP contribution in [0, 0.1) is 22.7 Å². The van der Waals surface area contributed by atoms with E-state index in [0.29, 0.717) is 5.78 Å². The first kappa shape index (κ1) is 15.5. The molecule has 4 atom stereocenters. The fraction of sp³-hybridized carbons (Fsp3) is 0.706. The summed E-state index contributed by atoms with van der Waals surface area (Å²) in [5.41, 5.74) is -1.34. The molecule has 3 aliphatic carbocycles. The lowest BCUT2D eigenvalue weighted by molar-refractivity contribution is -0.174. The summed E-state index contributed by atoms with van der Waals surface area (Å²) in [5, 5.41) is 0. The number of ketones is 1. The summed E-state index contributed by atoms with van der Waals surface area (Å²) < 4.78 is 10.9. The van der Waals surface area contributed by atoms with Crippen molar-refractivity contribution in [1.29, 1.82) is 0 Å². The predicted molar refractivity (Wildman–Crippen MR) is 79.2 cm³/mol. The third-order valence-electron chi connectivity index (χ3n) is 5.47. The first-order chi connectivity index (χ1) is 9.22. The van der Waals surface area contributed by atoms with Gasteiger partial charge in [0.15, 0.2) is 0 Å². The van der Waals surface area contributed by atoms with Crippen molar-refractivity contribution < 1.29 is 14.3 Å². The quantitative estimate of drug-likeness (QED) is 0.571. The summed E-state index contributed by atoms with van der Waals surface area (Å²) in [4.78, 5) is 12.9. The number of carbonyl (C=O) groups excluding carboxylic acids is 1. The average molecular weight is 278 g/mol. The lowest BCUT2D eigenvalue weighted by Crippen LogP contribution is -2.60. The molecule has 0 radical (unpaired) electrons. The third-order valence-corrected chi connectivity index (χ3v) is 5.47. The van der Waals surface area contributed by atoms with Gasteiger partial charge in [-0.1, -0.05) is 32.1 Å². The van der Waals surface area contributed by atoms with Crippen LogP contribution < -0.4 is 0 Å². The van der Waals surface area contributed by atoms with E-state index in [9.17, 15) is 4.79 Å². The van der Waals surface area contributed by atoms with Crippen molar-refractivity contribution in [2.45, 2.75) is 39.7 Å². The second-order valence-corrected chi connectivity index (χ2v) is 7.03. The van der Waals surface area contributed by atoms with Crippen LogP contribution in [0.1, 0.15) is 34.1 Å². The van der Waals surface area contributed by atoms with Crippen molar-refractivity contribution in [3.63, 3.8) is 0 Å². The van der Waals surface area contributed by atoms with Gasteiger partial charge in [-0.3, -0.25) is 4.79 Å². The summed E-state index contributed by atoms with van der Waals surface area (Å²) in [6.07, 6.45) is 7.05. The maximum absolute atomic E-state index is 12.9. The van der Waals surface area contributed by atoms with Crippen LogP contribution in [0.15, 0.2) is 24.8 Å². The van der Waals surface area contributed by atoms with E-state index in [1.807, 2.05) is 19.9 Å². The molecule has 3 aliphatic rings. The highest BCUT2D eigenvalue weighted by molar-refractivity contribution is 5.94. The molecule has 1 fully saturated rings. The van der Waals surface area contributed by atoms with Crippen molar-refractivity contribution in [3.05, 3.63) is 24.8 Å². The first-order valence-electron chi connectivity index (χ1n) is 7.23. The second-order valence-electron chi connectivity index (χ2n) is 7.03. The van der Waals surface area contributed by atoms with Crippen molar-refractivity contribution in [2.24, 2.45) is 22.7 Å². The molecule has 112 valence electrons. The van der Waals surface area contributed by atoms with Gasteiger partial charge in [0.2, 0.25) is 0 Å². The Kier molecular flexibility index (Phi) is 3.72. The molecule has 0 amide bonds. The Balaban J connectivity index is 2.39. The van der Waals surface area contributed by atoms with E-state index in [-0.39, 0.29) is 24.0 Å². The number of fused-ring (bicyclic) bond motifs is 2. The van der Waals surface area contributed by atoms with Gasteiger partial charge >= 0.3 is 0 Å². The molecule has 0 aromatic carbocycles. The zero-order chi connectivity index (χ0) is 15.2. The molecule has 20 heavy (non-hydrogen) atoms. The Labute approximate surface area is 122 Å². The molecule has 3 heteroatoms. The average Bonchev–Trinajstić information content (AvgIpc) is 2.42. The van der Waals surface area contributed by atoms with Crippen molar-refractivity contribution >= 4 is 5.78 Å². The topological polar surface area (TPSA) is 35.5 Å². The number of rotatable bonds is 5. The highest BCUT2D eigenvalue weighted by Gasteiger charge is 2.60. The van der Waals surface area contributed by atoms with Crippen LogP contribution in [-0.2, 0) is 14.3 Å². The molecule has 0 heterocycles. The van der Waals surface area contributed by atoms with Gasteiger partial charge in [-0.2, -0.15) is 0 Å². The lowest BCUT2D eigenvalue weighted by atomic mass is 9.47. The molecular weight excluding hydrogens is 252 g/mol. The lowest BCUT2D eigenvalue weighted by Gasteiger charge is -2.56. The Hall–Kier alpha value is -0.930. The van der Waals surface area contributed by atoms with Crippen molar-refractivity contribution in [2.75, 3.05) is 13.9 Å². The van der Waals surface area contributed by atoms with Gasteiger partial charge in [0.1, 0.15) is 12.6 Å². The smallest absolute Gasteiger partial charge is 0.149 e. The maximum atomic E-state index is 12.9. The standard InChI is InChI=1S/C17H26O3/c1-7-17(5,20-11-19-6)13-10-12-8-9-16(13,4)14(18)15(12,2)3/h7-9,12-13H,1,10-11H2,2-6H3. The minimum atomic E-state index is -0.556. The summed E-state index contributed by atoms with van der Waals surface area (Å²) in [6, 6.07) is 0. The van der Waals surface area contributed by atoms with E-state index in [2.05, 4.69) is 32.6 Å². The number of carbonyl (C=O) groups is 1. The van der Waals surface area contributed by atoms with Crippen LogP contribution in [-0.4, -0.2) is 25.3 Å². The van der Waals surface area contributed by atoms with Crippen LogP contribution in [0.2, 0.25) is 0 Å². The minimum absolute atomic E-state index is 0.0955. The van der Waals surface area contributed by atoms with Crippen LogP contribution >= 0.6 is 0 Å². The van der Waals surface area contributed by atoms with Gasteiger partial charge in [-0.25, -0.2) is 0 Å². The zero-order valence-electron chi connectivity index (χ0n) is 13.2. The largest absolute Gasteiger partial charge is 0.359 e. The van der Waals surface area contributed by atoms with Crippen molar-refractivity contribution in [1.82, 2.24) is 0 Å². The van der Waals surface area contributed by atoms with E-state index >= 15 is 0 Å². The number of hydrogen-bond donors (Lipinski definition) is 0. The molecule has 4 unspecified atom stereocenters.